The van der Waals surface area contributed by atoms with Gasteiger partial charge in [0.2, 0.25) is 5.91 Å². The van der Waals surface area contributed by atoms with Gasteiger partial charge in [0.1, 0.15) is 0 Å². The Bertz CT molecular complexity index is 225. The Kier molecular flexibility index (Phi) is 8.06. The highest BCUT2D eigenvalue weighted by Crippen LogP contribution is 2.26. The predicted octanol–water partition coefficient (Wildman–Crippen LogP) is 2.84. The largest absolute Gasteiger partial charge is 0.356 e. The first-order chi connectivity index (χ1) is 8.76. The van der Waals surface area contributed by atoms with Gasteiger partial charge in [-0.15, -0.1) is 0 Å². The van der Waals surface area contributed by atoms with Crippen molar-refractivity contribution in [2.45, 2.75) is 64.7 Å². The number of rotatable bonds is 9. The predicted molar refractivity (Wildman–Crippen MR) is 76.3 cm³/mol. The fourth-order valence-electron chi connectivity index (χ4n) is 2.93. The van der Waals surface area contributed by atoms with Crippen LogP contribution in [0.4, 0.5) is 0 Å². The summed E-state index contributed by atoms with van der Waals surface area (Å²) in [5.41, 5.74) is 5.56. The van der Waals surface area contributed by atoms with Crippen molar-refractivity contribution in [3.8, 4) is 0 Å². The van der Waals surface area contributed by atoms with Crippen molar-refractivity contribution < 1.29 is 4.79 Å². The van der Waals surface area contributed by atoms with E-state index >= 15 is 0 Å². The molecule has 0 radical (unpaired) electrons. The van der Waals surface area contributed by atoms with Crippen molar-refractivity contribution >= 4 is 5.91 Å². The molecule has 0 aromatic rings. The molecule has 1 fully saturated rings. The zero-order valence-electron chi connectivity index (χ0n) is 11.9. The first-order valence-electron chi connectivity index (χ1n) is 7.73. The molecule has 0 aromatic carbocycles. The van der Waals surface area contributed by atoms with Gasteiger partial charge in [-0.1, -0.05) is 39.0 Å². The molecule has 0 bridgehead atoms. The van der Waals surface area contributed by atoms with Gasteiger partial charge in [-0.05, 0) is 37.6 Å². The van der Waals surface area contributed by atoms with Crippen LogP contribution in [-0.4, -0.2) is 19.0 Å². The molecule has 1 amide bonds. The molecule has 3 heteroatoms. The van der Waals surface area contributed by atoms with Crippen LogP contribution < -0.4 is 11.1 Å². The molecule has 0 saturated heterocycles. The van der Waals surface area contributed by atoms with Crippen molar-refractivity contribution in [1.82, 2.24) is 5.32 Å². The van der Waals surface area contributed by atoms with E-state index in [0.29, 0.717) is 12.3 Å². The number of hydrogen-bond donors (Lipinski definition) is 2. The highest BCUT2D eigenvalue weighted by Gasteiger charge is 2.15. The number of nitrogens with one attached hydrogen (secondary N) is 1. The second-order valence-corrected chi connectivity index (χ2v) is 5.68. The fourth-order valence-corrected chi connectivity index (χ4v) is 2.93. The molecule has 3 nitrogen and oxygen atoms in total. The van der Waals surface area contributed by atoms with Crippen molar-refractivity contribution in [2.24, 2.45) is 17.6 Å². The van der Waals surface area contributed by atoms with Gasteiger partial charge in [-0.25, -0.2) is 0 Å². The molecule has 18 heavy (non-hydrogen) atoms. The molecule has 3 N–H and O–H groups in total. The Hall–Kier alpha value is -0.570. The van der Waals surface area contributed by atoms with E-state index in [2.05, 4.69) is 12.2 Å². The minimum atomic E-state index is 0.225. The van der Waals surface area contributed by atoms with Crippen molar-refractivity contribution in [3.63, 3.8) is 0 Å². The third-order valence-electron chi connectivity index (χ3n) is 4.28. The van der Waals surface area contributed by atoms with Crippen molar-refractivity contribution in [3.05, 3.63) is 0 Å². The quantitative estimate of drug-likeness (QED) is 0.665. The second kappa shape index (κ2) is 9.37. The van der Waals surface area contributed by atoms with Crippen molar-refractivity contribution in [1.29, 1.82) is 0 Å². The summed E-state index contributed by atoms with van der Waals surface area (Å²) in [7, 11) is 0. The van der Waals surface area contributed by atoms with E-state index in [9.17, 15) is 4.79 Å². The van der Waals surface area contributed by atoms with Crippen LogP contribution in [0.3, 0.4) is 0 Å². The molecule has 106 valence electrons. The average Bonchev–Trinajstić information content (AvgIpc) is 2.87. The number of nitrogens with two attached hydrogens (primary N) is 1. The normalized spacial score (nSPS) is 17.9. The van der Waals surface area contributed by atoms with E-state index in [1.54, 1.807) is 0 Å². The first kappa shape index (κ1) is 15.5. The van der Waals surface area contributed by atoms with E-state index in [0.717, 1.165) is 38.3 Å². The van der Waals surface area contributed by atoms with E-state index in [1.165, 1.54) is 32.1 Å². The van der Waals surface area contributed by atoms with Gasteiger partial charge in [0, 0.05) is 13.0 Å². The van der Waals surface area contributed by atoms with Gasteiger partial charge in [0.25, 0.3) is 0 Å². The highest BCUT2D eigenvalue weighted by atomic mass is 16.1. The summed E-state index contributed by atoms with van der Waals surface area (Å²) in [5, 5.41) is 3.06. The van der Waals surface area contributed by atoms with Crippen LogP contribution in [0.2, 0.25) is 0 Å². The number of hydrogen-bond acceptors (Lipinski definition) is 2. The molecule has 0 heterocycles. The molecule has 1 aliphatic carbocycles. The van der Waals surface area contributed by atoms with Crippen LogP contribution in [0.5, 0.6) is 0 Å². The standard InChI is InChI=1S/C15H30N2O/c1-2-13(9-11-16)7-8-15(18)17-12-10-14-5-3-4-6-14/h13-14H,2-12,16H2,1H3,(H,17,18). The van der Waals surface area contributed by atoms with Crippen LogP contribution in [0.25, 0.3) is 0 Å². The Balaban J connectivity index is 2.02. The number of amides is 1. The number of carbonyl (C=O) groups excluding carboxylic acids is 1. The summed E-state index contributed by atoms with van der Waals surface area (Å²) in [6.45, 7) is 3.79. The Morgan fingerprint density at radius 3 is 2.67 bits per heavy atom. The average molecular weight is 254 g/mol. The molecular formula is C15H30N2O. The summed E-state index contributed by atoms with van der Waals surface area (Å²) in [6, 6.07) is 0. The monoisotopic (exact) mass is 254 g/mol. The van der Waals surface area contributed by atoms with Crippen LogP contribution in [0, 0.1) is 11.8 Å². The highest BCUT2D eigenvalue weighted by molar-refractivity contribution is 5.75. The van der Waals surface area contributed by atoms with E-state index < -0.39 is 0 Å². The summed E-state index contributed by atoms with van der Waals surface area (Å²) < 4.78 is 0. The van der Waals surface area contributed by atoms with Crippen LogP contribution in [-0.2, 0) is 4.79 Å². The summed E-state index contributed by atoms with van der Waals surface area (Å²) in [5.74, 6) is 1.71. The Morgan fingerprint density at radius 2 is 2.06 bits per heavy atom. The lowest BCUT2D eigenvalue weighted by Gasteiger charge is -2.14. The third kappa shape index (κ3) is 6.39. The van der Waals surface area contributed by atoms with Gasteiger partial charge in [0.15, 0.2) is 0 Å². The van der Waals surface area contributed by atoms with Crippen LogP contribution in [0.15, 0.2) is 0 Å². The lowest BCUT2D eigenvalue weighted by molar-refractivity contribution is -0.121. The maximum absolute atomic E-state index is 11.7. The fraction of sp³-hybridized carbons (Fsp3) is 0.933. The van der Waals surface area contributed by atoms with Gasteiger partial charge >= 0.3 is 0 Å². The number of carbonyl (C=O) groups is 1. The molecule has 0 aromatic heterocycles. The molecule has 0 spiro atoms. The zero-order chi connectivity index (χ0) is 13.2. The van der Waals surface area contributed by atoms with Gasteiger partial charge in [-0.3, -0.25) is 4.79 Å². The minimum absolute atomic E-state index is 0.225. The lowest BCUT2D eigenvalue weighted by Crippen LogP contribution is -2.26. The minimum Gasteiger partial charge on any atom is -0.356 e. The SMILES string of the molecule is CCC(CCN)CCC(=O)NCCC1CCCC1. The molecule has 1 atom stereocenters. The van der Waals surface area contributed by atoms with Crippen molar-refractivity contribution in [2.75, 3.05) is 13.1 Å². The summed E-state index contributed by atoms with van der Waals surface area (Å²) in [4.78, 5) is 11.7. The van der Waals surface area contributed by atoms with Gasteiger partial charge in [0.05, 0.1) is 0 Å². The van der Waals surface area contributed by atoms with E-state index in [1.807, 2.05) is 0 Å². The maximum atomic E-state index is 11.7. The van der Waals surface area contributed by atoms with Gasteiger partial charge in [-0.2, -0.15) is 0 Å². The van der Waals surface area contributed by atoms with E-state index in [4.69, 9.17) is 5.73 Å². The molecular weight excluding hydrogens is 224 g/mol. The van der Waals surface area contributed by atoms with Crippen LogP contribution >= 0.6 is 0 Å². The summed E-state index contributed by atoms with van der Waals surface area (Å²) in [6.07, 6.45) is 10.5. The summed E-state index contributed by atoms with van der Waals surface area (Å²) >= 11 is 0. The second-order valence-electron chi connectivity index (χ2n) is 5.68. The molecule has 0 aliphatic heterocycles. The topological polar surface area (TPSA) is 55.1 Å². The smallest absolute Gasteiger partial charge is 0.220 e. The Morgan fingerprint density at radius 1 is 1.33 bits per heavy atom. The molecule has 1 aliphatic rings. The zero-order valence-corrected chi connectivity index (χ0v) is 11.9. The maximum Gasteiger partial charge on any atom is 0.220 e. The third-order valence-corrected chi connectivity index (χ3v) is 4.28. The lowest BCUT2D eigenvalue weighted by atomic mass is 9.96. The molecule has 1 saturated carbocycles. The molecule has 1 unspecified atom stereocenters. The Labute approximate surface area is 112 Å². The van der Waals surface area contributed by atoms with Crippen LogP contribution in [0.1, 0.15) is 64.7 Å². The molecule has 1 rings (SSSR count). The van der Waals surface area contributed by atoms with Gasteiger partial charge < -0.3 is 11.1 Å². The first-order valence-corrected chi connectivity index (χ1v) is 7.73. The van der Waals surface area contributed by atoms with E-state index in [-0.39, 0.29) is 5.91 Å².